The Kier molecular flexibility index (Phi) is 4.90. The number of aromatic amines is 1. The summed E-state index contributed by atoms with van der Waals surface area (Å²) in [4.78, 5) is 35.8. The molecule has 0 radical (unpaired) electrons. The number of halogens is 1. The third-order valence-electron chi connectivity index (χ3n) is 3.37. The minimum atomic E-state index is -0.797. The van der Waals surface area contributed by atoms with E-state index >= 15 is 0 Å². The number of para-hydroxylation sites is 1. The Morgan fingerprint density at radius 2 is 1.76 bits per heavy atom. The highest BCUT2D eigenvalue weighted by molar-refractivity contribution is 9.10. The molecule has 1 aromatic heterocycles. The Hall–Kier alpha value is -3.00. The van der Waals surface area contributed by atoms with E-state index in [1.807, 2.05) is 6.07 Å². The molecule has 0 atom stereocenters. The summed E-state index contributed by atoms with van der Waals surface area (Å²) in [7, 11) is 0. The zero-order chi connectivity index (χ0) is 17.8. The maximum atomic E-state index is 12.2. The van der Waals surface area contributed by atoms with E-state index in [4.69, 9.17) is 4.74 Å². The van der Waals surface area contributed by atoms with Gasteiger partial charge in [0.15, 0.2) is 12.3 Å². The highest BCUT2D eigenvalue weighted by atomic mass is 79.9. The molecule has 0 saturated carbocycles. The third-order valence-corrected chi connectivity index (χ3v) is 4.06. The van der Waals surface area contributed by atoms with Gasteiger partial charge >= 0.3 is 5.97 Å². The molecule has 25 heavy (non-hydrogen) atoms. The molecule has 0 bridgehead atoms. The standard InChI is InChI=1S/C17H12BrN3O4/c18-12-7-3-4-8-13(12)19-14(22)9-25-17(24)15-10-5-1-2-6-11(10)16(23)21-20-15/h1-8H,9H2,(H,19,22)(H,21,23). The number of aromatic nitrogens is 2. The lowest BCUT2D eigenvalue weighted by Gasteiger charge is -2.08. The first-order valence-corrected chi connectivity index (χ1v) is 8.04. The number of fused-ring (bicyclic) bond motifs is 1. The van der Waals surface area contributed by atoms with E-state index in [-0.39, 0.29) is 5.69 Å². The SMILES string of the molecule is O=C(COC(=O)c1n[nH]c(=O)c2ccccc12)Nc1ccccc1Br. The smallest absolute Gasteiger partial charge is 0.359 e. The maximum Gasteiger partial charge on any atom is 0.359 e. The number of benzene rings is 2. The summed E-state index contributed by atoms with van der Waals surface area (Å²) in [6, 6.07) is 13.6. The Balaban J connectivity index is 1.71. The summed E-state index contributed by atoms with van der Waals surface area (Å²) < 4.78 is 5.71. The highest BCUT2D eigenvalue weighted by Crippen LogP contribution is 2.21. The molecule has 3 aromatic rings. The van der Waals surface area contributed by atoms with Crippen molar-refractivity contribution in [2.45, 2.75) is 0 Å². The maximum absolute atomic E-state index is 12.2. The van der Waals surface area contributed by atoms with Crippen molar-refractivity contribution in [1.29, 1.82) is 0 Å². The van der Waals surface area contributed by atoms with Crippen LogP contribution in [0.3, 0.4) is 0 Å². The molecule has 0 aliphatic rings. The average molecular weight is 402 g/mol. The number of rotatable bonds is 4. The lowest BCUT2D eigenvalue weighted by atomic mass is 10.1. The van der Waals surface area contributed by atoms with Crippen molar-refractivity contribution in [2.75, 3.05) is 11.9 Å². The molecule has 7 nitrogen and oxygen atoms in total. The number of carbonyl (C=O) groups is 2. The van der Waals surface area contributed by atoms with Crippen LogP contribution < -0.4 is 10.9 Å². The zero-order valence-corrected chi connectivity index (χ0v) is 14.4. The quantitative estimate of drug-likeness (QED) is 0.653. The molecular weight excluding hydrogens is 390 g/mol. The Morgan fingerprint density at radius 1 is 1.08 bits per heavy atom. The van der Waals surface area contributed by atoms with Crippen LogP contribution in [0.4, 0.5) is 5.69 Å². The van der Waals surface area contributed by atoms with Crippen LogP contribution in [-0.2, 0) is 9.53 Å². The first-order valence-electron chi connectivity index (χ1n) is 7.25. The molecule has 0 fully saturated rings. The normalized spacial score (nSPS) is 10.4. The molecule has 126 valence electrons. The Morgan fingerprint density at radius 3 is 2.52 bits per heavy atom. The molecule has 0 unspecified atom stereocenters. The van der Waals surface area contributed by atoms with Crippen LogP contribution in [0.1, 0.15) is 10.5 Å². The molecule has 8 heteroatoms. The van der Waals surface area contributed by atoms with Gasteiger partial charge in [0.2, 0.25) is 0 Å². The molecular formula is C17H12BrN3O4. The fourth-order valence-corrected chi connectivity index (χ4v) is 2.60. The number of nitrogens with zero attached hydrogens (tertiary/aromatic N) is 1. The van der Waals surface area contributed by atoms with E-state index in [2.05, 4.69) is 31.4 Å². The number of H-pyrrole nitrogens is 1. The number of anilines is 1. The zero-order valence-electron chi connectivity index (χ0n) is 12.8. The van der Waals surface area contributed by atoms with Crippen molar-refractivity contribution in [2.24, 2.45) is 0 Å². The number of hydrogen-bond acceptors (Lipinski definition) is 5. The highest BCUT2D eigenvalue weighted by Gasteiger charge is 2.17. The van der Waals surface area contributed by atoms with Crippen LogP contribution in [0.2, 0.25) is 0 Å². The van der Waals surface area contributed by atoms with Crippen molar-refractivity contribution in [1.82, 2.24) is 10.2 Å². The van der Waals surface area contributed by atoms with Gasteiger partial charge in [-0.3, -0.25) is 9.59 Å². The fraction of sp³-hybridized carbons (Fsp3) is 0.0588. The van der Waals surface area contributed by atoms with Gasteiger partial charge in [0.1, 0.15) is 0 Å². The van der Waals surface area contributed by atoms with Gasteiger partial charge in [0, 0.05) is 9.86 Å². The number of nitrogens with one attached hydrogen (secondary N) is 2. The predicted molar refractivity (Wildman–Crippen MR) is 95.4 cm³/mol. The largest absolute Gasteiger partial charge is 0.451 e. The van der Waals surface area contributed by atoms with Crippen LogP contribution in [0.5, 0.6) is 0 Å². The van der Waals surface area contributed by atoms with E-state index in [0.29, 0.717) is 20.9 Å². The summed E-state index contributed by atoms with van der Waals surface area (Å²) in [5, 5.41) is 9.28. The van der Waals surface area contributed by atoms with Crippen molar-refractivity contribution >= 4 is 44.3 Å². The fourth-order valence-electron chi connectivity index (χ4n) is 2.22. The minimum absolute atomic E-state index is 0.0520. The van der Waals surface area contributed by atoms with Crippen LogP contribution in [-0.4, -0.2) is 28.7 Å². The predicted octanol–water partition coefficient (Wildman–Crippen LogP) is 2.48. The third kappa shape index (κ3) is 3.74. The Labute approximate surface area is 150 Å². The summed E-state index contributed by atoms with van der Waals surface area (Å²) in [6.45, 7) is -0.477. The van der Waals surface area contributed by atoms with Gasteiger partial charge in [-0.1, -0.05) is 30.3 Å². The van der Waals surface area contributed by atoms with Crippen LogP contribution >= 0.6 is 15.9 Å². The first-order chi connectivity index (χ1) is 12.1. The van der Waals surface area contributed by atoms with E-state index in [1.54, 1.807) is 42.5 Å². The second-order valence-corrected chi connectivity index (χ2v) is 5.91. The van der Waals surface area contributed by atoms with Gasteiger partial charge in [0.05, 0.1) is 11.1 Å². The number of amides is 1. The molecule has 1 heterocycles. The van der Waals surface area contributed by atoms with E-state index in [1.165, 1.54) is 0 Å². The van der Waals surface area contributed by atoms with Gasteiger partial charge in [-0.05, 0) is 34.1 Å². The van der Waals surface area contributed by atoms with Crippen LogP contribution in [0.25, 0.3) is 10.8 Å². The lowest BCUT2D eigenvalue weighted by molar-refractivity contribution is -0.119. The van der Waals surface area contributed by atoms with Gasteiger partial charge in [-0.25, -0.2) is 9.89 Å². The molecule has 3 rings (SSSR count). The van der Waals surface area contributed by atoms with Crippen LogP contribution in [0.15, 0.2) is 57.8 Å². The van der Waals surface area contributed by atoms with Gasteiger partial charge in [-0.2, -0.15) is 5.10 Å². The van der Waals surface area contributed by atoms with Crippen molar-refractivity contribution in [3.8, 4) is 0 Å². The number of hydrogen-bond donors (Lipinski definition) is 2. The molecule has 0 saturated heterocycles. The summed E-state index contributed by atoms with van der Waals surface area (Å²) in [5.74, 6) is -1.29. The molecule has 0 aliphatic heterocycles. The summed E-state index contributed by atoms with van der Waals surface area (Å²) in [5.41, 5.74) is 0.110. The number of esters is 1. The minimum Gasteiger partial charge on any atom is -0.451 e. The molecule has 2 aromatic carbocycles. The average Bonchev–Trinajstić information content (AvgIpc) is 2.62. The van der Waals surface area contributed by atoms with Gasteiger partial charge in [0.25, 0.3) is 11.5 Å². The monoisotopic (exact) mass is 401 g/mol. The molecule has 0 aliphatic carbocycles. The second-order valence-electron chi connectivity index (χ2n) is 5.05. The van der Waals surface area contributed by atoms with Gasteiger partial charge < -0.3 is 10.1 Å². The van der Waals surface area contributed by atoms with Crippen molar-refractivity contribution in [3.05, 3.63) is 69.1 Å². The lowest BCUT2D eigenvalue weighted by Crippen LogP contribution is -2.22. The van der Waals surface area contributed by atoms with E-state index in [9.17, 15) is 14.4 Å². The first kappa shape index (κ1) is 16.8. The summed E-state index contributed by atoms with van der Waals surface area (Å²) in [6.07, 6.45) is 0. The van der Waals surface area contributed by atoms with E-state index in [0.717, 1.165) is 0 Å². The second kappa shape index (κ2) is 7.27. The van der Waals surface area contributed by atoms with Crippen LogP contribution in [0, 0.1) is 0 Å². The number of ether oxygens (including phenoxy) is 1. The van der Waals surface area contributed by atoms with E-state index < -0.39 is 24.0 Å². The molecule has 1 amide bonds. The Bertz CT molecular complexity index is 1020. The van der Waals surface area contributed by atoms with Crippen molar-refractivity contribution < 1.29 is 14.3 Å². The molecule has 2 N–H and O–H groups in total. The summed E-state index contributed by atoms with van der Waals surface area (Å²) >= 11 is 3.31. The van der Waals surface area contributed by atoms with Crippen molar-refractivity contribution in [3.63, 3.8) is 0 Å². The topological polar surface area (TPSA) is 101 Å². The molecule has 0 spiro atoms. The number of carbonyl (C=O) groups excluding carboxylic acids is 2. The van der Waals surface area contributed by atoms with Gasteiger partial charge in [-0.15, -0.1) is 0 Å².